The first kappa shape index (κ1) is 11.3. The van der Waals surface area contributed by atoms with Crippen LogP contribution in [-0.4, -0.2) is 12.6 Å². The lowest BCUT2D eigenvalue weighted by molar-refractivity contribution is -0.157. The van der Waals surface area contributed by atoms with Gasteiger partial charge in [0.2, 0.25) is 0 Å². The Kier molecular flexibility index (Phi) is 2.24. The average molecular weight is 234 g/mol. The normalized spacial score (nSPS) is 43.9. The highest BCUT2D eigenvalue weighted by Crippen LogP contribution is 2.63. The van der Waals surface area contributed by atoms with Gasteiger partial charge in [-0.25, -0.2) is 0 Å². The smallest absolute Gasteiger partial charge is 0.313 e. The highest BCUT2D eigenvalue weighted by Gasteiger charge is 2.63. The van der Waals surface area contributed by atoms with Gasteiger partial charge in [0.25, 0.3) is 0 Å². The molecule has 0 radical (unpaired) electrons. The van der Waals surface area contributed by atoms with Crippen molar-refractivity contribution in [3.63, 3.8) is 0 Å². The molecule has 0 unspecified atom stereocenters. The van der Waals surface area contributed by atoms with Crippen LogP contribution in [0.25, 0.3) is 0 Å². The third-order valence-corrected chi connectivity index (χ3v) is 5.61. The van der Waals surface area contributed by atoms with E-state index in [1.165, 1.54) is 12.0 Å². The number of carbonyl (C=O) groups is 1. The molecule has 0 N–H and O–H groups in total. The van der Waals surface area contributed by atoms with Gasteiger partial charge in [0, 0.05) is 5.92 Å². The molecule has 1 aliphatic heterocycles. The highest BCUT2D eigenvalue weighted by molar-refractivity contribution is 5.81. The van der Waals surface area contributed by atoms with E-state index in [0.29, 0.717) is 18.4 Å². The molecule has 3 rings (SSSR count). The average Bonchev–Trinajstić information content (AvgIpc) is 2.57. The van der Waals surface area contributed by atoms with Crippen LogP contribution < -0.4 is 0 Å². The predicted molar refractivity (Wildman–Crippen MR) is 66.4 cm³/mol. The summed E-state index contributed by atoms with van der Waals surface area (Å²) in [6, 6.07) is 0. The Hall–Kier alpha value is -0.790. The zero-order valence-corrected chi connectivity index (χ0v) is 10.9. The zero-order chi connectivity index (χ0) is 12.3. The van der Waals surface area contributed by atoms with Crippen molar-refractivity contribution in [3.8, 4) is 0 Å². The van der Waals surface area contributed by atoms with Crippen molar-refractivity contribution in [3.05, 3.63) is 12.2 Å². The van der Waals surface area contributed by atoms with Gasteiger partial charge in [-0.15, -0.1) is 0 Å². The first-order chi connectivity index (χ1) is 7.98. The molecule has 0 aromatic heterocycles. The van der Waals surface area contributed by atoms with Crippen molar-refractivity contribution in [2.24, 2.45) is 22.7 Å². The molecule has 94 valence electrons. The molecule has 1 heterocycles. The Balaban J connectivity index is 2.09. The SMILES string of the molecule is C=C1CC[C@H]2C(C)(C)CCC[C@]23C(=O)OC[C@H]13. The molecule has 2 aliphatic carbocycles. The van der Waals surface area contributed by atoms with Gasteiger partial charge < -0.3 is 4.74 Å². The molecule has 3 fully saturated rings. The zero-order valence-electron chi connectivity index (χ0n) is 10.9. The molecule has 17 heavy (non-hydrogen) atoms. The number of carbonyl (C=O) groups excluding carboxylic acids is 1. The van der Waals surface area contributed by atoms with E-state index in [0.717, 1.165) is 25.7 Å². The minimum absolute atomic E-state index is 0.0705. The van der Waals surface area contributed by atoms with Crippen LogP contribution in [-0.2, 0) is 9.53 Å². The summed E-state index contributed by atoms with van der Waals surface area (Å²) in [5.74, 6) is 0.865. The fourth-order valence-electron chi connectivity index (χ4n) is 4.76. The Bertz CT molecular complexity index is 382. The Labute approximate surface area is 103 Å². The largest absolute Gasteiger partial charge is 0.465 e. The van der Waals surface area contributed by atoms with Gasteiger partial charge in [-0.1, -0.05) is 32.4 Å². The molecule has 0 amide bonds. The lowest BCUT2D eigenvalue weighted by atomic mass is 9.48. The molecule has 2 saturated carbocycles. The number of hydrogen-bond acceptors (Lipinski definition) is 2. The lowest BCUT2D eigenvalue weighted by Crippen LogP contribution is -2.52. The molecule has 0 aromatic rings. The van der Waals surface area contributed by atoms with Crippen molar-refractivity contribution in [1.29, 1.82) is 0 Å². The lowest BCUT2D eigenvalue weighted by Gasteiger charge is -2.54. The van der Waals surface area contributed by atoms with E-state index in [1.54, 1.807) is 0 Å². The van der Waals surface area contributed by atoms with Crippen molar-refractivity contribution in [2.75, 3.05) is 6.61 Å². The van der Waals surface area contributed by atoms with E-state index in [2.05, 4.69) is 20.4 Å². The summed E-state index contributed by atoms with van der Waals surface area (Å²) in [5.41, 5.74) is 1.32. The molecule has 0 aromatic carbocycles. The van der Waals surface area contributed by atoms with Gasteiger partial charge in [0.1, 0.15) is 0 Å². The van der Waals surface area contributed by atoms with Crippen molar-refractivity contribution < 1.29 is 9.53 Å². The second kappa shape index (κ2) is 3.37. The highest BCUT2D eigenvalue weighted by atomic mass is 16.5. The van der Waals surface area contributed by atoms with Gasteiger partial charge in [-0.2, -0.15) is 0 Å². The number of hydrogen-bond donors (Lipinski definition) is 0. The maximum atomic E-state index is 12.3. The Morgan fingerprint density at radius 1 is 1.35 bits per heavy atom. The molecule has 2 nitrogen and oxygen atoms in total. The van der Waals surface area contributed by atoms with Gasteiger partial charge >= 0.3 is 5.97 Å². The molecule has 3 atom stereocenters. The van der Waals surface area contributed by atoms with Crippen LogP contribution >= 0.6 is 0 Å². The summed E-state index contributed by atoms with van der Waals surface area (Å²) in [5, 5.41) is 0. The molecule has 1 saturated heterocycles. The van der Waals surface area contributed by atoms with Crippen LogP contribution in [0.5, 0.6) is 0 Å². The maximum Gasteiger partial charge on any atom is 0.313 e. The van der Waals surface area contributed by atoms with Crippen LogP contribution in [0.1, 0.15) is 46.0 Å². The minimum Gasteiger partial charge on any atom is -0.465 e. The second-order valence-corrected chi connectivity index (χ2v) is 6.78. The number of rotatable bonds is 0. The molecule has 1 spiro atoms. The van der Waals surface area contributed by atoms with Crippen LogP contribution in [0.15, 0.2) is 12.2 Å². The van der Waals surface area contributed by atoms with Gasteiger partial charge in [-0.05, 0) is 37.0 Å². The first-order valence-corrected chi connectivity index (χ1v) is 6.83. The molecule has 2 heteroatoms. The van der Waals surface area contributed by atoms with E-state index in [1.807, 2.05) is 0 Å². The Morgan fingerprint density at radius 2 is 2.12 bits per heavy atom. The van der Waals surface area contributed by atoms with Gasteiger partial charge in [0.15, 0.2) is 0 Å². The van der Waals surface area contributed by atoms with Gasteiger partial charge in [0.05, 0.1) is 12.0 Å². The monoisotopic (exact) mass is 234 g/mol. The number of cyclic esters (lactones) is 1. The van der Waals surface area contributed by atoms with E-state index in [9.17, 15) is 4.79 Å². The van der Waals surface area contributed by atoms with Gasteiger partial charge in [-0.3, -0.25) is 4.79 Å². The second-order valence-electron chi connectivity index (χ2n) is 6.78. The fourth-order valence-corrected chi connectivity index (χ4v) is 4.76. The third kappa shape index (κ3) is 1.30. The molecular formula is C15H22O2. The summed E-state index contributed by atoms with van der Waals surface area (Å²) < 4.78 is 5.42. The van der Waals surface area contributed by atoms with Crippen LogP contribution in [0, 0.1) is 22.7 Å². The molecule has 3 aliphatic rings. The Morgan fingerprint density at radius 3 is 2.88 bits per heavy atom. The van der Waals surface area contributed by atoms with E-state index in [-0.39, 0.29) is 16.8 Å². The van der Waals surface area contributed by atoms with Crippen molar-refractivity contribution in [1.82, 2.24) is 0 Å². The fraction of sp³-hybridized carbons (Fsp3) is 0.800. The summed E-state index contributed by atoms with van der Waals surface area (Å²) in [4.78, 5) is 12.3. The summed E-state index contributed by atoms with van der Waals surface area (Å²) in [6.07, 6.45) is 5.62. The number of ether oxygens (including phenoxy) is 1. The summed E-state index contributed by atoms with van der Waals surface area (Å²) in [6.45, 7) is 9.44. The summed E-state index contributed by atoms with van der Waals surface area (Å²) in [7, 11) is 0. The quantitative estimate of drug-likeness (QED) is 0.475. The maximum absolute atomic E-state index is 12.3. The first-order valence-electron chi connectivity index (χ1n) is 6.83. The van der Waals surface area contributed by atoms with Crippen molar-refractivity contribution in [2.45, 2.75) is 46.0 Å². The van der Waals surface area contributed by atoms with Crippen LogP contribution in [0.2, 0.25) is 0 Å². The predicted octanol–water partition coefficient (Wildman–Crippen LogP) is 3.32. The van der Waals surface area contributed by atoms with E-state index >= 15 is 0 Å². The van der Waals surface area contributed by atoms with E-state index < -0.39 is 0 Å². The number of esters is 1. The molecule has 0 bridgehead atoms. The standard InChI is InChI=1S/C15H22O2/c1-10-5-6-12-14(2,3)7-4-8-15(12)11(10)9-17-13(15)16/h11-12H,1,4-9H2,2-3H3/t11-,12+,15-/m1/s1. The summed E-state index contributed by atoms with van der Waals surface area (Å²) >= 11 is 0. The topological polar surface area (TPSA) is 26.3 Å². The third-order valence-electron chi connectivity index (χ3n) is 5.61. The minimum atomic E-state index is -0.211. The van der Waals surface area contributed by atoms with Crippen LogP contribution in [0.3, 0.4) is 0 Å². The van der Waals surface area contributed by atoms with Crippen molar-refractivity contribution >= 4 is 5.97 Å². The van der Waals surface area contributed by atoms with E-state index in [4.69, 9.17) is 4.74 Å². The molecular weight excluding hydrogens is 212 g/mol. The van der Waals surface area contributed by atoms with Crippen LogP contribution in [0.4, 0.5) is 0 Å².